The van der Waals surface area contributed by atoms with Crippen LogP contribution < -0.4 is 10.2 Å². The van der Waals surface area contributed by atoms with Crippen LogP contribution in [-0.2, 0) is 0 Å². The van der Waals surface area contributed by atoms with Crippen LogP contribution >= 0.6 is 0 Å². The molecule has 5 heteroatoms. The number of benzene rings is 2. The van der Waals surface area contributed by atoms with Gasteiger partial charge in [0.15, 0.2) is 0 Å². The van der Waals surface area contributed by atoms with E-state index in [0.717, 1.165) is 37.7 Å². The number of aromatic nitrogens is 1. The molecule has 0 radical (unpaired) electrons. The van der Waals surface area contributed by atoms with E-state index >= 15 is 0 Å². The van der Waals surface area contributed by atoms with Crippen LogP contribution in [0.3, 0.4) is 0 Å². The standard InChI is InChI=1S/C24H26N4O/c1-18-14-19(2)16-21(15-18)26-23-9-8-20(17-25-23)24(29)28-12-10-27(11-13-28)22-6-4-3-5-7-22/h3-9,14-17H,10-13H2,1-2H3,(H,25,26). The van der Waals surface area contributed by atoms with Crippen molar-refractivity contribution in [2.24, 2.45) is 0 Å². The number of hydrogen-bond donors (Lipinski definition) is 1. The Hall–Kier alpha value is -3.34. The van der Waals surface area contributed by atoms with Gasteiger partial charge >= 0.3 is 0 Å². The van der Waals surface area contributed by atoms with E-state index in [0.29, 0.717) is 5.56 Å². The topological polar surface area (TPSA) is 48.5 Å². The molecule has 0 aliphatic carbocycles. The number of para-hydroxylation sites is 1. The maximum atomic E-state index is 12.8. The number of nitrogens with zero attached hydrogens (tertiary/aromatic N) is 3. The number of pyridine rings is 1. The SMILES string of the molecule is Cc1cc(C)cc(Nc2ccc(C(=O)N3CCN(c4ccccc4)CC3)cn2)c1. The molecule has 1 aliphatic rings. The largest absolute Gasteiger partial charge is 0.368 e. The Labute approximate surface area is 172 Å². The number of amides is 1. The van der Waals surface area contributed by atoms with Gasteiger partial charge in [-0.25, -0.2) is 4.98 Å². The average molecular weight is 386 g/mol. The van der Waals surface area contributed by atoms with Gasteiger partial charge in [0, 0.05) is 43.8 Å². The first-order valence-corrected chi connectivity index (χ1v) is 9.99. The number of carbonyl (C=O) groups is 1. The highest BCUT2D eigenvalue weighted by Gasteiger charge is 2.22. The highest BCUT2D eigenvalue weighted by molar-refractivity contribution is 5.94. The minimum atomic E-state index is 0.0446. The molecule has 0 spiro atoms. The van der Waals surface area contributed by atoms with E-state index in [4.69, 9.17) is 0 Å². The monoisotopic (exact) mass is 386 g/mol. The molecule has 0 saturated carbocycles. The Balaban J connectivity index is 1.37. The lowest BCUT2D eigenvalue weighted by Gasteiger charge is -2.36. The number of hydrogen-bond acceptors (Lipinski definition) is 4. The summed E-state index contributed by atoms with van der Waals surface area (Å²) in [5.41, 5.74) is 5.25. The van der Waals surface area contributed by atoms with Crippen molar-refractivity contribution < 1.29 is 4.79 Å². The van der Waals surface area contributed by atoms with E-state index in [9.17, 15) is 4.79 Å². The second-order valence-electron chi connectivity index (χ2n) is 7.55. The zero-order chi connectivity index (χ0) is 20.2. The van der Waals surface area contributed by atoms with Crippen molar-refractivity contribution in [2.45, 2.75) is 13.8 Å². The van der Waals surface area contributed by atoms with E-state index < -0.39 is 0 Å². The molecule has 29 heavy (non-hydrogen) atoms. The van der Waals surface area contributed by atoms with Crippen LogP contribution in [0.25, 0.3) is 0 Å². The molecule has 2 aromatic carbocycles. The van der Waals surface area contributed by atoms with Gasteiger partial charge in [0.05, 0.1) is 5.56 Å². The number of rotatable bonds is 4. The summed E-state index contributed by atoms with van der Waals surface area (Å²) in [7, 11) is 0. The summed E-state index contributed by atoms with van der Waals surface area (Å²) in [5, 5.41) is 3.31. The summed E-state index contributed by atoms with van der Waals surface area (Å²) in [4.78, 5) is 21.5. The molecule has 0 atom stereocenters. The smallest absolute Gasteiger partial charge is 0.255 e. The van der Waals surface area contributed by atoms with Gasteiger partial charge < -0.3 is 15.1 Å². The zero-order valence-corrected chi connectivity index (χ0v) is 16.9. The highest BCUT2D eigenvalue weighted by atomic mass is 16.2. The second-order valence-corrected chi connectivity index (χ2v) is 7.55. The van der Waals surface area contributed by atoms with Crippen LogP contribution in [0.1, 0.15) is 21.5 Å². The van der Waals surface area contributed by atoms with Crippen LogP contribution in [0.15, 0.2) is 66.9 Å². The van der Waals surface area contributed by atoms with Crippen molar-refractivity contribution in [1.82, 2.24) is 9.88 Å². The van der Waals surface area contributed by atoms with E-state index in [1.807, 2.05) is 35.2 Å². The lowest BCUT2D eigenvalue weighted by atomic mass is 10.1. The third-order valence-electron chi connectivity index (χ3n) is 5.19. The van der Waals surface area contributed by atoms with Crippen LogP contribution in [0.2, 0.25) is 0 Å². The Morgan fingerprint density at radius 3 is 2.21 bits per heavy atom. The van der Waals surface area contributed by atoms with Gasteiger partial charge in [-0.2, -0.15) is 0 Å². The molecule has 0 unspecified atom stereocenters. The Kier molecular flexibility index (Phi) is 5.47. The summed E-state index contributed by atoms with van der Waals surface area (Å²) in [6.45, 7) is 7.27. The van der Waals surface area contributed by atoms with Gasteiger partial charge in [0.25, 0.3) is 5.91 Å². The quantitative estimate of drug-likeness (QED) is 0.722. The predicted molar refractivity (Wildman–Crippen MR) is 118 cm³/mol. The molecule has 1 N–H and O–H groups in total. The fraction of sp³-hybridized carbons (Fsp3) is 0.250. The summed E-state index contributed by atoms with van der Waals surface area (Å²) in [5.74, 6) is 0.781. The Bertz CT molecular complexity index is 957. The maximum absolute atomic E-state index is 12.8. The van der Waals surface area contributed by atoms with Crippen molar-refractivity contribution in [3.8, 4) is 0 Å². The first kappa shape index (κ1) is 19.0. The molecule has 2 heterocycles. The fourth-order valence-electron chi connectivity index (χ4n) is 3.78. The summed E-state index contributed by atoms with van der Waals surface area (Å²) in [6.07, 6.45) is 1.66. The van der Waals surface area contributed by atoms with Crippen molar-refractivity contribution in [1.29, 1.82) is 0 Å². The Morgan fingerprint density at radius 1 is 0.897 bits per heavy atom. The average Bonchev–Trinajstić information content (AvgIpc) is 2.74. The van der Waals surface area contributed by atoms with E-state index in [-0.39, 0.29) is 5.91 Å². The first-order valence-electron chi connectivity index (χ1n) is 9.99. The fourth-order valence-corrected chi connectivity index (χ4v) is 3.78. The first-order chi connectivity index (χ1) is 14.1. The normalized spacial score (nSPS) is 14.0. The van der Waals surface area contributed by atoms with Crippen LogP contribution in [0, 0.1) is 13.8 Å². The molecule has 1 saturated heterocycles. The summed E-state index contributed by atoms with van der Waals surface area (Å²) < 4.78 is 0. The third kappa shape index (κ3) is 4.57. The van der Waals surface area contributed by atoms with Gasteiger partial charge in [-0.05, 0) is 61.4 Å². The maximum Gasteiger partial charge on any atom is 0.255 e. The molecule has 148 valence electrons. The minimum absolute atomic E-state index is 0.0446. The van der Waals surface area contributed by atoms with E-state index in [2.05, 4.69) is 59.4 Å². The number of aryl methyl sites for hydroxylation is 2. The lowest BCUT2D eigenvalue weighted by molar-refractivity contribution is 0.0746. The van der Waals surface area contributed by atoms with Crippen molar-refractivity contribution in [3.63, 3.8) is 0 Å². The molecule has 1 aromatic heterocycles. The van der Waals surface area contributed by atoms with Crippen molar-refractivity contribution in [3.05, 3.63) is 83.6 Å². The van der Waals surface area contributed by atoms with Crippen LogP contribution in [-0.4, -0.2) is 42.0 Å². The molecule has 4 rings (SSSR count). The third-order valence-corrected chi connectivity index (χ3v) is 5.19. The summed E-state index contributed by atoms with van der Waals surface area (Å²) >= 11 is 0. The number of carbonyl (C=O) groups excluding carboxylic acids is 1. The van der Waals surface area contributed by atoms with Crippen LogP contribution in [0.5, 0.6) is 0 Å². The van der Waals surface area contributed by atoms with Gasteiger partial charge in [-0.15, -0.1) is 0 Å². The van der Waals surface area contributed by atoms with E-state index in [1.54, 1.807) is 6.20 Å². The Morgan fingerprint density at radius 2 is 1.59 bits per heavy atom. The molecule has 1 amide bonds. The molecular formula is C24H26N4O. The number of nitrogens with one attached hydrogen (secondary N) is 1. The number of piperazine rings is 1. The molecule has 1 aliphatic heterocycles. The molecule has 1 fully saturated rings. The van der Waals surface area contributed by atoms with Crippen molar-refractivity contribution >= 4 is 23.1 Å². The lowest BCUT2D eigenvalue weighted by Crippen LogP contribution is -2.48. The summed E-state index contributed by atoms with van der Waals surface area (Å²) in [6, 6.07) is 20.4. The van der Waals surface area contributed by atoms with Gasteiger partial charge in [-0.1, -0.05) is 24.3 Å². The van der Waals surface area contributed by atoms with Crippen LogP contribution in [0.4, 0.5) is 17.2 Å². The predicted octanol–water partition coefficient (Wildman–Crippen LogP) is 4.40. The van der Waals surface area contributed by atoms with Crippen molar-refractivity contribution in [2.75, 3.05) is 36.4 Å². The van der Waals surface area contributed by atoms with E-state index in [1.165, 1.54) is 16.8 Å². The molecular weight excluding hydrogens is 360 g/mol. The van der Waals surface area contributed by atoms with Gasteiger partial charge in [0.2, 0.25) is 0 Å². The molecule has 3 aromatic rings. The zero-order valence-electron chi connectivity index (χ0n) is 16.9. The second kappa shape index (κ2) is 8.35. The highest BCUT2D eigenvalue weighted by Crippen LogP contribution is 2.20. The minimum Gasteiger partial charge on any atom is -0.368 e. The van der Waals surface area contributed by atoms with Gasteiger partial charge in [0.1, 0.15) is 5.82 Å². The molecule has 0 bridgehead atoms. The number of anilines is 3. The van der Waals surface area contributed by atoms with Gasteiger partial charge in [-0.3, -0.25) is 4.79 Å². The molecule has 5 nitrogen and oxygen atoms in total.